The normalized spacial score (nSPS) is 10.4. The van der Waals surface area contributed by atoms with Gasteiger partial charge in [-0.3, -0.25) is 9.59 Å². The quantitative estimate of drug-likeness (QED) is 0.629. The fourth-order valence-corrected chi connectivity index (χ4v) is 1.92. The molecule has 7 nitrogen and oxygen atoms in total. The second-order valence-electron chi connectivity index (χ2n) is 5.38. The lowest BCUT2D eigenvalue weighted by Crippen LogP contribution is -2.37. The number of hydrogen-bond donors (Lipinski definition) is 2. The van der Waals surface area contributed by atoms with Crippen molar-refractivity contribution < 1.29 is 23.8 Å². The van der Waals surface area contributed by atoms with E-state index in [1.165, 1.54) is 14.2 Å². The van der Waals surface area contributed by atoms with E-state index in [2.05, 4.69) is 10.6 Å². The summed E-state index contributed by atoms with van der Waals surface area (Å²) in [4.78, 5) is 23.7. The molecule has 0 aromatic heterocycles. The molecule has 7 heteroatoms. The van der Waals surface area contributed by atoms with Crippen molar-refractivity contribution in [3.8, 4) is 11.5 Å². The molecule has 1 aromatic rings. The van der Waals surface area contributed by atoms with E-state index >= 15 is 0 Å². The molecule has 0 spiro atoms. The van der Waals surface area contributed by atoms with Crippen molar-refractivity contribution in [2.75, 3.05) is 33.9 Å². The summed E-state index contributed by atoms with van der Waals surface area (Å²) in [5, 5.41) is 5.29. The largest absolute Gasteiger partial charge is 0.493 e. The Morgan fingerprint density at radius 2 is 1.79 bits per heavy atom. The van der Waals surface area contributed by atoms with Gasteiger partial charge < -0.3 is 24.8 Å². The zero-order valence-corrected chi connectivity index (χ0v) is 14.7. The highest BCUT2D eigenvalue weighted by Crippen LogP contribution is 2.27. The number of methoxy groups -OCH3 is 2. The van der Waals surface area contributed by atoms with Crippen molar-refractivity contribution in [2.24, 2.45) is 0 Å². The minimum Gasteiger partial charge on any atom is -0.493 e. The molecule has 0 unspecified atom stereocenters. The monoisotopic (exact) mass is 338 g/mol. The molecule has 2 N–H and O–H groups in total. The van der Waals surface area contributed by atoms with Crippen LogP contribution in [0.3, 0.4) is 0 Å². The molecule has 134 valence electrons. The number of carbonyl (C=O) groups excluding carboxylic acids is 2. The number of nitrogens with one attached hydrogen (secondary N) is 2. The van der Waals surface area contributed by atoms with Crippen LogP contribution in [0.15, 0.2) is 18.2 Å². The van der Waals surface area contributed by atoms with E-state index in [9.17, 15) is 9.59 Å². The maximum atomic E-state index is 12.1. The van der Waals surface area contributed by atoms with Gasteiger partial charge in [-0.15, -0.1) is 0 Å². The summed E-state index contributed by atoms with van der Waals surface area (Å²) in [6.07, 6.45) is 0.912. The van der Waals surface area contributed by atoms with E-state index in [0.29, 0.717) is 30.2 Å². The van der Waals surface area contributed by atoms with Gasteiger partial charge in [0.15, 0.2) is 11.5 Å². The molecule has 2 amide bonds. The van der Waals surface area contributed by atoms with Gasteiger partial charge in [-0.05, 0) is 38.5 Å². The molecule has 0 aliphatic heterocycles. The van der Waals surface area contributed by atoms with Gasteiger partial charge in [-0.25, -0.2) is 0 Å². The Kier molecular flexibility index (Phi) is 8.64. The van der Waals surface area contributed by atoms with Gasteiger partial charge in [-0.1, -0.05) is 0 Å². The van der Waals surface area contributed by atoms with Crippen LogP contribution in [0.1, 0.15) is 30.6 Å². The maximum absolute atomic E-state index is 12.1. The van der Waals surface area contributed by atoms with E-state index in [0.717, 1.165) is 6.42 Å². The van der Waals surface area contributed by atoms with Gasteiger partial charge in [0.1, 0.15) is 0 Å². The number of rotatable bonds is 10. The summed E-state index contributed by atoms with van der Waals surface area (Å²) >= 11 is 0. The molecule has 0 atom stereocenters. The van der Waals surface area contributed by atoms with E-state index in [1.807, 2.05) is 13.8 Å². The van der Waals surface area contributed by atoms with Gasteiger partial charge in [0.25, 0.3) is 5.91 Å². The summed E-state index contributed by atoms with van der Waals surface area (Å²) in [6.45, 7) is 4.94. The maximum Gasteiger partial charge on any atom is 0.251 e. The molecule has 0 bridgehead atoms. The van der Waals surface area contributed by atoms with E-state index in [1.54, 1.807) is 18.2 Å². The summed E-state index contributed by atoms with van der Waals surface area (Å²) in [5.74, 6) is 0.401. The highest BCUT2D eigenvalue weighted by atomic mass is 16.5. The Balaban J connectivity index is 2.36. The summed E-state index contributed by atoms with van der Waals surface area (Å²) in [5.41, 5.74) is 0.394. The third-order valence-electron chi connectivity index (χ3n) is 3.15. The SMILES string of the molecule is COc1ccc(C(=O)NCC(=O)NCCCOC(C)C)cc1OC. The van der Waals surface area contributed by atoms with Gasteiger partial charge in [0.2, 0.25) is 5.91 Å². The molecule has 0 aliphatic rings. The Labute approximate surface area is 142 Å². The number of ether oxygens (including phenoxy) is 3. The second-order valence-corrected chi connectivity index (χ2v) is 5.38. The molecule has 0 heterocycles. The molecule has 0 fully saturated rings. The first kappa shape index (κ1) is 19.8. The zero-order valence-electron chi connectivity index (χ0n) is 14.7. The van der Waals surface area contributed by atoms with Crippen molar-refractivity contribution in [1.29, 1.82) is 0 Å². The Bertz CT molecular complexity index is 546. The second kappa shape index (κ2) is 10.5. The lowest BCUT2D eigenvalue weighted by molar-refractivity contribution is -0.120. The van der Waals surface area contributed by atoms with Crippen LogP contribution in [0.4, 0.5) is 0 Å². The highest BCUT2D eigenvalue weighted by molar-refractivity contribution is 5.97. The number of carbonyl (C=O) groups is 2. The van der Waals surface area contributed by atoms with Crippen LogP contribution in [0.2, 0.25) is 0 Å². The van der Waals surface area contributed by atoms with Crippen molar-refractivity contribution in [3.05, 3.63) is 23.8 Å². The van der Waals surface area contributed by atoms with Crippen molar-refractivity contribution in [3.63, 3.8) is 0 Å². The van der Waals surface area contributed by atoms with Gasteiger partial charge in [-0.2, -0.15) is 0 Å². The summed E-state index contributed by atoms with van der Waals surface area (Å²) in [6, 6.07) is 4.82. The fourth-order valence-electron chi connectivity index (χ4n) is 1.92. The van der Waals surface area contributed by atoms with Crippen LogP contribution in [0.5, 0.6) is 11.5 Å². The first-order valence-electron chi connectivity index (χ1n) is 7.86. The van der Waals surface area contributed by atoms with Gasteiger partial charge in [0.05, 0.1) is 26.9 Å². The van der Waals surface area contributed by atoms with Crippen molar-refractivity contribution >= 4 is 11.8 Å². The van der Waals surface area contributed by atoms with Gasteiger partial charge in [0, 0.05) is 18.7 Å². The van der Waals surface area contributed by atoms with E-state index in [4.69, 9.17) is 14.2 Å². The highest BCUT2D eigenvalue weighted by Gasteiger charge is 2.11. The predicted octanol–water partition coefficient (Wildman–Crippen LogP) is 1.36. The van der Waals surface area contributed by atoms with Crippen LogP contribution in [-0.2, 0) is 9.53 Å². The van der Waals surface area contributed by atoms with Crippen molar-refractivity contribution in [2.45, 2.75) is 26.4 Å². The van der Waals surface area contributed by atoms with Crippen molar-refractivity contribution in [1.82, 2.24) is 10.6 Å². The molecule has 1 rings (SSSR count). The first-order chi connectivity index (χ1) is 11.5. The molecule has 0 radical (unpaired) electrons. The zero-order chi connectivity index (χ0) is 17.9. The predicted molar refractivity (Wildman–Crippen MR) is 90.6 cm³/mol. The molecule has 0 saturated carbocycles. The van der Waals surface area contributed by atoms with Crippen LogP contribution in [0, 0.1) is 0 Å². The summed E-state index contributed by atoms with van der Waals surface area (Å²) < 4.78 is 15.6. The van der Waals surface area contributed by atoms with Crippen LogP contribution in [-0.4, -0.2) is 51.8 Å². The average molecular weight is 338 g/mol. The third-order valence-corrected chi connectivity index (χ3v) is 3.15. The molecular weight excluding hydrogens is 312 g/mol. The number of benzene rings is 1. The lowest BCUT2D eigenvalue weighted by atomic mass is 10.2. The Hall–Kier alpha value is -2.28. The Morgan fingerprint density at radius 3 is 2.42 bits per heavy atom. The molecular formula is C17H26N2O5. The lowest BCUT2D eigenvalue weighted by Gasteiger charge is -2.10. The molecule has 24 heavy (non-hydrogen) atoms. The topological polar surface area (TPSA) is 85.9 Å². The number of hydrogen-bond acceptors (Lipinski definition) is 5. The first-order valence-corrected chi connectivity index (χ1v) is 7.86. The van der Waals surface area contributed by atoms with E-state index in [-0.39, 0.29) is 24.5 Å². The van der Waals surface area contributed by atoms with Crippen LogP contribution < -0.4 is 20.1 Å². The minimum absolute atomic E-state index is 0.0851. The summed E-state index contributed by atoms with van der Waals surface area (Å²) in [7, 11) is 3.02. The fraction of sp³-hybridized carbons (Fsp3) is 0.529. The smallest absolute Gasteiger partial charge is 0.251 e. The minimum atomic E-state index is -0.353. The van der Waals surface area contributed by atoms with Crippen LogP contribution in [0.25, 0.3) is 0 Å². The van der Waals surface area contributed by atoms with E-state index < -0.39 is 0 Å². The standard InChI is InChI=1S/C17H26N2O5/c1-12(2)24-9-5-8-18-16(20)11-19-17(21)13-6-7-14(22-3)15(10-13)23-4/h6-7,10,12H,5,8-9,11H2,1-4H3,(H,18,20)(H,19,21). The van der Waals surface area contributed by atoms with Crippen LogP contribution >= 0.6 is 0 Å². The number of amides is 2. The molecule has 0 saturated heterocycles. The average Bonchev–Trinajstić information content (AvgIpc) is 2.58. The van der Waals surface area contributed by atoms with Gasteiger partial charge >= 0.3 is 0 Å². The third kappa shape index (κ3) is 6.87. The Morgan fingerprint density at radius 1 is 1.08 bits per heavy atom. The molecule has 1 aromatic carbocycles. The molecule has 0 aliphatic carbocycles.